The van der Waals surface area contributed by atoms with Gasteiger partial charge in [0.05, 0.1) is 18.6 Å². The molecule has 1 unspecified atom stereocenters. The Morgan fingerprint density at radius 2 is 1.85 bits per heavy atom. The third-order valence-corrected chi connectivity index (χ3v) is 6.26. The van der Waals surface area contributed by atoms with Gasteiger partial charge < -0.3 is 14.2 Å². The first kappa shape index (κ1) is 22.3. The van der Waals surface area contributed by atoms with E-state index in [1.807, 2.05) is 6.92 Å². The van der Waals surface area contributed by atoms with Gasteiger partial charge in [-0.2, -0.15) is 0 Å². The Labute approximate surface area is 153 Å². The van der Waals surface area contributed by atoms with E-state index in [0.29, 0.717) is 12.2 Å². The molecule has 0 saturated heterocycles. The number of hydroxylamine groups is 1. The predicted molar refractivity (Wildman–Crippen MR) is 93.8 cm³/mol. The van der Waals surface area contributed by atoms with Crippen LogP contribution in [0.4, 0.5) is 0 Å². The van der Waals surface area contributed by atoms with Crippen LogP contribution >= 0.6 is 0 Å². The predicted octanol–water partition coefficient (Wildman–Crippen LogP) is 0.332. The molecule has 0 radical (unpaired) electrons. The van der Waals surface area contributed by atoms with Crippen molar-refractivity contribution in [3.05, 3.63) is 24.3 Å². The highest BCUT2D eigenvalue weighted by atomic mass is 32.2. The Balaban J connectivity index is 3.63. The van der Waals surface area contributed by atoms with Crippen molar-refractivity contribution in [2.45, 2.75) is 29.2 Å². The maximum Gasteiger partial charge on any atom is 0.282 e. The van der Waals surface area contributed by atoms with Crippen molar-refractivity contribution in [3.63, 3.8) is 0 Å². The van der Waals surface area contributed by atoms with Gasteiger partial charge in [-0.3, -0.25) is 15.3 Å². The van der Waals surface area contributed by atoms with Crippen LogP contribution in [-0.2, 0) is 24.1 Å². The van der Waals surface area contributed by atoms with Crippen LogP contribution in [-0.4, -0.2) is 65.0 Å². The molecule has 2 atom stereocenters. The van der Waals surface area contributed by atoms with E-state index in [4.69, 9.17) is 14.2 Å². The van der Waals surface area contributed by atoms with Crippen LogP contribution < -0.4 is 15.5 Å². The molecule has 0 bridgehead atoms. The number of methoxy groups -OCH3 is 3. The Kier molecular flexibility index (Phi) is 8.44. The minimum absolute atomic E-state index is 0.136. The lowest BCUT2D eigenvalue weighted by atomic mass is 10.1. The summed E-state index contributed by atoms with van der Waals surface area (Å²) in [7, 11) is -0.276. The molecule has 0 aliphatic rings. The van der Waals surface area contributed by atoms with E-state index in [1.165, 1.54) is 51.1 Å². The maximum atomic E-state index is 13.4. The molecule has 0 aliphatic heterocycles. The van der Waals surface area contributed by atoms with Gasteiger partial charge >= 0.3 is 0 Å². The monoisotopic (exact) mass is 390 g/mol. The standard InChI is InChI=1S/C16H26N2O7S/c1-5-10-17-16(15(19)18-20,14(25-4)11-23-2)26(21,22)13-8-6-12(24-3)7-9-13/h6-9,14,17,20H,5,10-11H2,1-4H3,(H,18,19)/t14?,16-/m1/s1. The second kappa shape index (κ2) is 9.83. The Bertz CT molecular complexity index is 678. The summed E-state index contributed by atoms with van der Waals surface area (Å²) in [5.41, 5.74) is 1.45. The molecule has 0 spiro atoms. The lowest BCUT2D eigenvalue weighted by molar-refractivity contribution is -0.139. The quantitative estimate of drug-likeness (QED) is 0.365. The molecule has 1 amide bonds. The molecule has 0 heterocycles. The summed E-state index contributed by atoms with van der Waals surface area (Å²) in [5, 5.41) is 12.0. The summed E-state index contributed by atoms with van der Waals surface area (Å²) < 4.78 is 42.2. The third kappa shape index (κ3) is 4.15. The lowest BCUT2D eigenvalue weighted by Gasteiger charge is -2.37. The molecular formula is C16H26N2O7S. The summed E-state index contributed by atoms with van der Waals surface area (Å²) in [6, 6.07) is 5.57. The van der Waals surface area contributed by atoms with Gasteiger partial charge in [-0.05, 0) is 37.2 Å². The van der Waals surface area contributed by atoms with E-state index in [-0.39, 0.29) is 18.0 Å². The van der Waals surface area contributed by atoms with Gasteiger partial charge in [0.2, 0.25) is 14.7 Å². The van der Waals surface area contributed by atoms with Crippen LogP contribution in [0.3, 0.4) is 0 Å². The normalized spacial score (nSPS) is 15.1. The van der Waals surface area contributed by atoms with Crippen LogP contribution in [0.2, 0.25) is 0 Å². The zero-order valence-electron chi connectivity index (χ0n) is 15.3. The second-order valence-electron chi connectivity index (χ2n) is 5.46. The number of carbonyl (C=O) groups is 1. The fraction of sp³-hybridized carbons (Fsp3) is 0.562. The molecule has 1 aromatic rings. The van der Waals surface area contributed by atoms with Gasteiger partial charge in [0, 0.05) is 14.2 Å². The minimum Gasteiger partial charge on any atom is -0.497 e. The van der Waals surface area contributed by atoms with Crippen molar-refractivity contribution in [3.8, 4) is 5.75 Å². The summed E-state index contributed by atoms with van der Waals surface area (Å²) in [6.07, 6.45) is -0.680. The Morgan fingerprint density at radius 3 is 2.27 bits per heavy atom. The molecule has 148 valence electrons. The average molecular weight is 390 g/mol. The molecule has 26 heavy (non-hydrogen) atoms. The third-order valence-electron chi connectivity index (χ3n) is 3.93. The summed E-state index contributed by atoms with van der Waals surface area (Å²) in [5.74, 6) is -0.700. The van der Waals surface area contributed by atoms with Crippen LogP contribution in [0.25, 0.3) is 0 Å². The van der Waals surface area contributed by atoms with E-state index in [0.717, 1.165) is 0 Å². The summed E-state index contributed by atoms with van der Waals surface area (Å²) in [4.78, 5) is 10.2. The molecule has 0 aromatic heterocycles. The molecule has 0 fully saturated rings. The smallest absolute Gasteiger partial charge is 0.282 e. The Hall–Kier alpha value is -1.72. The fourth-order valence-electron chi connectivity index (χ4n) is 2.57. The number of rotatable bonds is 11. The highest BCUT2D eigenvalue weighted by Gasteiger charge is 2.57. The number of sulfone groups is 1. The van der Waals surface area contributed by atoms with Gasteiger partial charge in [0.15, 0.2) is 0 Å². The number of nitrogens with one attached hydrogen (secondary N) is 2. The van der Waals surface area contributed by atoms with Gasteiger partial charge in [-0.25, -0.2) is 13.9 Å². The van der Waals surface area contributed by atoms with Gasteiger partial charge in [-0.15, -0.1) is 0 Å². The molecule has 0 saturated carbocycles. The largest absolute Gasteiger partial charge is 0.497 e. The summed E-state index contributed by atoms with van der Waals surface area (Å²) >= 11 is 0. The zero-order valence-corrected chi connectivity index (χ0v) is 16.1. The number of benzene rings is 1. The van der Waals surface area contributed by atoms with E-state index in [9.17, 15) is 18.4 Å². The van der Waals surface area contributed by atoms with Crippen LogP contribution in [0.1, 0.15) is 13.3 Å². The van der Waals surface area contributed by atoms with E-state index in [1.54, 1.807) is 0 Å². The number of ether oxygens (including phenoxy) is 3. The highest BCUT2D eigenvalue weighted by Crippen LogP contribution is 2.30. The lowest BCUT2D eigenvalue weighted by Crippen LogP contribution is -2.69. The molecule has 3 N–H and O–H groups in total. The van der Waals surface area contributed by atoms with Crippen molar-refractivity contribution in [1.29, 1.82) is 0 Å². The topological polar surface area (TPSA) is 123 Å². The van der Waals surface area contributed by atoms with Crippen molar-refractivity contribution >= 4 is 15.7 Å². The molecule has 1 rings (SSSR count). The van der Waals surface area contributed by atoms with Gasteiger partial charge in [0.1, 0.15) is 11.9 Å². The van der Waals surface area contributed by atoms with Gasteiger partial charge in [0.25, 0.3) is 5.91 Å². The molecule has 1 aromatic carbocycles. The van der Waals surface area contributed by atoms with E-state index in [2.05, 4.69) is 5.32 Å². The molecule has 9 nitrogen and oxygen atoms in total. The highest BCUT2D eigenvalue weighted by molar-refractivity contribution is 7.93. The first-order chi connectivity index (χ1) is 12.3. The molecule has 0 aliphatic carbocycles. The molecule has 10 heteroatoms. The number of hydrogen-bond acceptors (Lipinski definition) is 8. The minimum atomic E-state index is -4.35. The average Bonchev–Trinajstić information content (AvgIpc) is 2.66. The van der Waals surface area contributed by atoms with Crippen LogP contribution in [0.15, 0.2) is 29.2 Å². The number of amides is 1. The van der Waals surface area contributed by atoms with Crippen molar-refractivity contribution in [1.82, 2.24) is 10.8 Å². The first-order valence-electron chi connectivity index (χ1n) is 7.95. The fourth-order valence-corrected chi connectivity index (χ4v) is 4.53. The van der Waals surface area contributed by atoms with Crippen LogP contribution in [0, 0.1) is 0 Å². The maximum absolute atomic E-state index is 13.4. The van der Waals surface area contributed by atoms with Crippen LogP contribution in [0.5, 0.6) is 5.75 Å². The Morgan fingerprint density at radius 1 is 1.23 bits per heavy atom. The SMILES string of the molecule is CCCN[C@](C(=O)NO)(C(COC)OC)S(=O)(=O)c1ccc(OC)cc1. The van der Waals surface area contributed by atoms with Crippen molar-refractivity contribution < 1.29 is 32.6 Å². The molecular weight excluding hydrogens is 364 g/mol. The van der Waals surface area contributed by atoms with Crippen molar-refractivity contribution in [2.24, 2.45) is 0 Å². The summed E-state index contributed by atoms with van der Waals surface area (Å²) in [6.45, 7) is 1.80. The van der Waals surface area contributed by atoms with Gasteiger partial charge in [-0.1, -0.05) is 6.92 Å². The van der Waals surface area contributed by atoms with E-state index < -0.39 is 26.7 Å². The first-order valence-corrected chi connectivity index (χ1v) is 9.43. The number of carbonyl (C=O) groups excluding carboxylic acids is 1. The zero-order chi connectivity index (χ0) is 19.8. The van der Waals surface area contributed by atoms with Crippen molar-refractivity contribution in [2.75, 3.05) is 34.5 Å². The number of hydrogen-bond donors (Lipinski definition) is 3. The second-order valence-corrected chi connectivity index (χ2v) is 7.58. The van der Waals surface area contributed by atoms with E-state index >= 15 is 0 Å².